The Labute approximate surface area is 138 Å². The van der Waals surface area contributed by atoms with Crippen molar-refractivity contribution in [2.75, 3.05) is 38.8 Å². The molecule has 0 fully saturated rings. The summed E-state index contributed by atoms with van der Waals surface area (Å²) >= 11 is 0. The SMILES string of the molecule is COCCN(Cc1ccccc1)C(=O)CN(C)c1ccccc1. The highest BCUT2D eigenvalue weighted by Gasteiger charge is 2.16. The Bertz CT molecular complexity index is 587. The third kappa shape index (κ3) is 5.42. The maximum Gasteiger partial charge on any atom is 0.242 e. The molecule has 2 aromatic carbocycles. The Morgan fingerprint density at radius 3 is 2.22 bits per heavy atom. The van der Waals surface area contributed by atoms with Crippen molar-refractivity contribution in [1.82, 2.24) is 4.90 Å². The summed E-state index contributed by atoms with van der Waals surface area (Å²) < 4.78 is 5.14. The van der Waals surface area contributed by atoms with E-state index in [4.69, 9.17) is 4.74 Å². The third-order valence-corrected chi connectivity index (χ3v) is 3.70. The van der Waals surface area contributed by atoms with Crippen molar-refractivity contribution in [3.63, 3.8) is 0 Å². The molecule has 0 saturated heterocycles. The number of hydrogen-bond acceptors (Lipinski definition) is 3. The molecule has 0 atom stereocenters. The van der Waals surface area contributed by atoms with Crippen molar-refractivity contribution in [3.8, 4) is 0 Å². The van der Waals surface area contributed by atoms with Gasteiger partial charge in [0.2, 0.25) is 5.91 Å². The van der Waals surface area contributed by atoms with E-state index in [-0.39, 0.29) is 5.91 Å². The molecule has 0 aliphatic carbocycles. The lowest BCUT2D eigenvalue weighted by Gasteiger charge is -2.26. The fourth-order valence-electron chi connectivity index (χ4n) is 2.37. The van der Waals surface area contributed by atoms with Crippen LogP contribution in [0.4, 0.5) is 5.69 Å². The molecular formula is C19H24N2O2. The number of methoxy groups -OCH3 is 1. The van der Waals surface area contributed by atoms with Gasteiger partial charge in [0.05, 0.1) is 13.2 Å². The number of likely N-dealkylation sites (N-methyl/N-ethyl adjacent to an activating group) is 1. The number of ether oxygens (including phenoxy) is 1. The minimum absolute atomic E-state index is 0.0947. The quantitative estimate of drug-likeness (QED) is 0.751. The van der Waals surface area contributed by atoms with E-state index in [0.717, 1.165) is 11.3 Å². The van der Waals surface area contributed by atoms with E-state index in [2.05, 4.69) is 0 Å². The minimum atomic E-state index is 0.0947. The lowest BCUT2D eigenvalue weighted by Crippen LogP contribution is -2.40. The number of nitrogens with zero attached hydrogens (tertiary/aromatic N) is 2. The minimum Gasteiger partial charge on any atom is -0.383 e. The van der Waals surface area contributed by atoms with E-state index in [1.165, 1.54) is 0 Å². The van der Waals surface area contributed by atoms with E-state index in [9.17, 15) is 4.79 Å². The van der Waals surface area contributed by atoms with Crippen LogP contribution in [-0.4, -0.2) is 44.7 Å². The lowest BCUT2D eigenvalue weighted by atomic mass is 10.2. The van der Waals surface area contributed by atoms with Gasteiger partial charge in [-0.1, -0.05) is 48.5 Å². The van der Waals surface area contributed by atoms with Gasteiger partial charge in [0, 0.05) is 32.9 Å². The van der Waals surface area contributed by atoms with Gasteiger partial charge in [0.25, 0.3) is 0 Å². The van der Waals surface area contributed by atoms with Crippen LogP contribution in [-0.2, 0) is 16.1 Å². The Hall–Kier alpha value is -2.33. The van der Waals surface area contributed by atoms with E-state index in [1.54, 1.807) is 7.11 Å². The van der Waals surface area contributed by atoms with Gasteiger partial charge in [0.15, 0.2) is 0 Å². The Morgan fingerprint density at radius 1 is 1.00 bits per heavy atom. The number of anilines is 1. The van der Waals surface area contributed by atoms with Gasteiger partial charge < -0.3 is 14.5 Å². The molecule has 0 unspecified atom stereocenters. The summed E-state index contributed by atoms with van der Waals surface area (Å²) in [6, 6.07) is 20.0. The van der Waals surface area contributed by atoms with Gasteiger partial charge >= 0.3 is 0 Å². The number of carbonyl (C=O) groups is 1. The van der Waals surface area contributed by atoms with Crippen molar-refractivity contribution in [3.05, 3.63) is 66.2 Å². The third-order valence-electron chi connectivity index (χ3n) is 3.70. The molecule has 0 N–H and O–H groups in total. The van der Waals surface area contributed by atoms with Crippen LogP contribution in [0.25, 0.3) is 0 Å². The highest BCUT2D eigenvalue weighted by Crippen LogP contribution is 2.12. The number of rotatable bonds is 8. The molecule has 2 aromatic rings. The molecule has 1 amide bonds. The number of amides is 1. The molecule has 0 spiro atoms. The lowest BCUT2D eigenvalue weighted by molar-refractivity contribution is -0.130. The molecule has 122 valence electrons. The first-order chi connectivity index (χ1) is 11.2. The summed E-state index contributed by atoms with van der Waals surface area (Å²) in [5.74, 6) is 0.0947. The second kappa shape index (κ2) is 8.96. The molecule has 0 radical (unpaired) electrons. The summed E-state index contributed by atoms with van der Waals surface area (Å²) in [5.41, 5.74) is 2.16. The first-order valence-electron chi connectivity index (χ1n) is 7.77. The first kappa shape index (κ1) is 17.0. The zero-order valence-corrected chi connectivity index (χ0v) is 13.8. The molecule has 4 nitrogen and oxygen atoms in total. The summed E-state index contributed by atoms with van der Waals surface area (Å²) in [5, 5.41) is 0. The van der Waals surface area contributed by atoms with Crippen molar-refractivity contribution < 1.29 is 9.53 Å². The Kier molecular flexibility index (Phi) is 6.63. The van der Waals surface area contributed by atoms with Crippen molar-refractivity contribution in [1.29, 1.82) is 0 Å². The van der Waals surface area contributed by atoms with E-state index >= 15 is 0 Å². The topological polar surface area (TPSA) is 32.8 Å². The molecule has 0 bridgehead atoms. The fourth-order valence-corrected chi connectivity index (χ4v) is 2.37. The smallest absolute Gasteiger partial charge is 0.242 e. The number of para-hydroxylation sites is 1. The van der Waals surface area contributed by atoms with E-state index in [1.807, 2.05) is 77.5 Å². The zero-order valence-electron chi connectivity index (χ0n) is 13.8. The van der Waals surface area contributed by atoms with Crippen LogP contribution < -0.4 is 4.90 Å². The van der Waals surface area contributed by atoms with Crippen LogP contribution in [0.5, 0.6) is 0 Å². The predicted molar refractivity (Wildman–Crippen MR) is 93.4 cm³/mol. The van der Waals surface area contributed by atoms with Gasteiger partial charge in [-0.25, -0.2) is 0 Å². The standard InChI is InChI=1S/C19H24N2O2/c1-20(18-11-7-4-8-12-18)16-19(22)21(13-14-23-2)15-17-9-5-3-6-10-17/h3-12H,13-16H2,1-2H3. The predicted octanol–water partition coefficient (Wildman–Crippen LogP) is 2.80. The van der Waals surface area contributed by atoms with Crippen LogP contribution in [0, 0.1) is 0 Å². The molecule has 0 aromatic heterocycles. The Morgan fingerprint density at radius 2 is 1.61 bits per heavy atom. The van der Waals surface area contributed by atoms with Crippen LogP contribution in [0.1, 0.15) is 5.56 Å². The fraction of sp³-hybridized carbons (Fsp3) is 0.316. The van der Waals surface area contributed by atoms with Crippen LogP contribution in [0.2, 0.25) is 0 Å². The second-order valence-corrected chi connectivity index (χ2v) is 5.49. The van der Waals surface area contributed by atoms with E-state index in [0.29, 0.717) is 26.2 Å². The number of benzene rings is 2. The van der Waals surface area contributed by atoms with Gasteiger partial charge in [-0.2, -0.15) is 0 Å². The molecule has 23 heavy (non-hydrogen) atoms. The summed E-state index contributed by atoms with van der Waals surface area (Å²) in [7, 11) is 3.59. The van der Waals surface area contributed by atoms with Crippen LogP contribution >= 0.6 is 0 Å². The van der Waals surface area contributed by atoms with Crippen molar-refractivity contribution in [2.45, 2.75) is 6.54 Å². The second-order valence-electron chi connectivity index (χ2n) is 5.49. The molecule has 0 aliphatic heterocycles. The van der Waals surface area contributed by atoms with Crippen LogP contribution in [0.3, 0.4) is 0 Å². The molecule has 2 rings (SSSR count). The van der Waals surface area contributed by atoms with Crippen LogP contribution in [0.15, 0.2) is 60.7 Å². The Balaban J connectivity index is 2.01. The van der Waals surface area contributed by atoms with E-state index < -0.39 is 0 Å². The van der Waals surface area contributed by atoms with Gasteiger partial charge in [-0.3, -0.25) is 4.79 Å². The van der Waals surface area contributed by atoms with Gasteiger partial charge in [-0.05, 0) is 17.7 Å². The van der Waals surface area contributed by atoms with Gasteiger partial charge in [0.1, 0.15) is 0 Å². The molecule has 0 heterocycles. The monoisotopic (exact) mass is 312 g/mol. The maximum atomic E-state index is 12.7. The number of hydrogen-bond donors (Lipinski definition) is 0. The van der Waals surface area contributed by atoms with Crippen molar-refractivity contribution >= 4 is 11.6 Å². The average Bonchev–Trinajstić information content (AvgIpc) is 2.60. The molecule has 0 saturated carbocycles. The highest BCUT2D eigenvalue weighted by atomic mass is 16.5. The highest BCUT2D eigenvalue weighted by molar-refractivity contribution is 5.81. The number of carbonyl (C=O) groups excluding carboxylic acids is 1. The summed E-state index contributed by atoms with van der Waals surface area (Å²) in [6.07, 6.45) is 0. The average molecular weight is 312 g/mol. The van der Waals surface area contributed by atoms with Gasteiger partial charge in [-0.15, -0.1) is 0 Å². The maximum absolute atomic E-state index is 12.7. The largest absolute Gasteiger partial charge is 0.383 e. The normalized spacial score (nSPS) is 10.3. The zero-order chi connectivity index (χ0) is 16.5. The molecular weight excluding hydrogens is 288 g/mol. The summed E-state index contributed by atoms with van der Waals surface area (Å²) in [4.78, 5) is 16.5. The first-order valence-corrected chi connectivity index (χ1v) is 7.77. The molecule has 0 aliphatic rings. The summed E-state index contributed by atoms with van der Waals surface area (Å²) in [6.45, 7) is 2.08. The molecule has 4 heteroatoms. The van der Waals surface area contributed by atoms with Crippen molar-refractivity contribution in [2.24, 2.45) is 0 Å².